The lowest BCUT2D eigenvalue weighted by atomic mass is 9.94. The minimum atomic E-state index is 0.00727. The van der Waals surface area contributed by atoms with Crippen LogP contribution in [0.25, 0.3) is 33.2 Å². The molecule has 170 valence electrons. The van der Waals surface area contributed by atoms with Crippen LogP contribution in [0.2, 0.25) is 0 Å². The van der Waals surface area contributed by atoms with E-state index in [1.807, 2.05) is 24.4 Å². The van der Waals surface area contributed by atoms with Gasteiger partial charge in [0.1, 0.15) is 5.69 Å². The van der Waals surface area contributed by atoms with Crippen LogP contribution >= 0.6 is 0 Å². The number of aryl methyl sites for hydroxylation is 2. The smallest absolute Gasteiger partial charge is 0.251 e. The first-order valence-corrected chi connectivity index (χ1v) is 12.1. The first kappa shape index (κ1) is 20.8. The van der Waals surface area contributed by atoms with Crippen LogP contribution in [-0.2, 0) is 0 Å². The first-order valence-electron chi connectivity index (χ1n) is 12.1. The highest BCUT2D eigenvalue weighted by molar-refractivity contribution is 5.99. The van der Waals surface area contributed by atoms with Gasteiger partial charge in [-0.3, -0.25) is 4.79 Å². The van der Waals surface area contributed by atoms with Crippen molar-refractivity contribution >= 4 is 22.4 Å². The first-order chi connectivity index (χ1) is 16.5. The predicted octanol–water partition coefficient (Wildman–Crippen LogP) is 6.05. The van der Waals surface area contributed by atoms with Gasteiger partial charge in [-0.05, 0) is 92.1 Å². The Hall–Kier alpha value is -3.73. The zero-order valence-electron chi connectivity index (χ0n) is 19.6. The fraction of sp³-hybridized carbons (Fsp3) is 0.276. The van der Waals surface area contributed by atoms with Crippen molar-refractivity contribution in [1.82, 2.24) is 15.5 Å². The average molecular weight is 449 g/mol. The maximum atomic E-state index is 12.6. The Kier molecular flexibility index (Phi) is 5.05. The molecule has 4 aromatic rings. The molecule has 5 nitrogen and oxygen atoms in total. The Balaban J connectivity index is 1.38. The molecule has 34 heavy (non-hydrogen) atoms. The van der Waals surface area contributed by atoms with E-state index < -0.39 is 0 Å². The van der Waals surface area contributed by atoms with Crippen molar-refractivity contribution in [1.29, 1.82) is 0 Å². The van der Waals surface area contributed by atoms with Crippen molar-refractivity contribution in [3.8, 4) is 22.4 Å². The zero-order valence-corrected chi connectivity index (χ0v) is 19.6. The molecule has 0 saturated heterocycles. The van der Waals surface area contributed by atoms with E-state index in [9.17, 15) is 4.79 Å². The highest BCUT2D eigenvalue weighted by Gasteiger charge is 2.24. The number of aromatic nitrogens is 2. The van der Waals surface area contributed by atoms with Crippen LogP contribution in [0.15, 0.2) is 60.8 Å². The standard InChI is InChI=1S/C29H28N4O/c1-17-3-5-20(29(34)32-23-10-11-23)14-26(17)19-6-12-25-21(13-19)16-30-33-28(25)27-15-24(7-4-18(27)2)31-22-8-9-22/h3-7,12-16,22-23,31H,8-11H2,1-2H3,(H,32,34). The molecule has 2 aliphatic rings. The van der Waals surface area contributed by atoms with Crippen molar-refractivity contribution in [3.63, 3.8) is 0 Å². The Bertz CT molecular complexity index is 1420. The van der Waals surface area contributed by atoms with Crippen molar-refractivity contribution in [2.75, 3.05) is 5.32 Å². The minimum Gasteiger partial charge on any atom is -0.382 e. The van der Waals surface area contributed by atoms with Crippen LogP contribution < -0.4 is 10.6 Å². The van der Waals surface area contributed by atoms with Gasteiger partial charge in [0.15, 0.2) is 0 Å². The Morgan fingerprint density at radius 1 is 0.853 bits per heavy atom. The van der Waals surface area contributed by atoms with Crippen molar-refractivity contribution < 1.29 is 4.79 Å². The molecule has 2 N–H and O–H groups in total. The second kappa shape index (κ2) is 8.24. The number of rotatable bonds is 6. The molecule has 0 spiro atoms. The van der Waals surface area contributed by atoms with E-state index in [-0.39, 0.29) is 5.91 Å². The fourth-order valence-electron chi connectivity index (χ4n) is 4.46. The van der Waals surface area contributed by atoms with Crippen LogP contribution in [0.5, 0.6) is 0 Å². The number of benzene rings is 3. The van der Waals surface area contributed by atoms with Crippen molar-refractivity contribution in [3.05, 3.63) is 77.5 Å². The van der Waals surface area contributed by atoms with Crippen molar-refractivity contribution in [2.45, 2.75) is 51.6 Å². The third-order valence-electron chi connectivity index (χ3n) is 6.83. The number of hydrogen-bond donors (Lipinski definition) is 2. The summed E-state index contributed by atoms with van der Waals surface area (Å²) in [5.74, 6) is 0.00727. The second-order valence-electron chi connectivity index (χ2n) is 9.72. The molecule has 5 heteroatoms. The van der Waals surface area contributed by atoms with Gasteiger partial charge < -0.3 is 10.6 Å². The van der Waals surface area contributed by atoms with Crippen LogP contribution in [0.3, 0.4) is 0 Å². The van der Waals surface area contributed by atoms with E-state index >= 15 is 0 Å². The zero-order chi connectivity index (χ0) is 23.2. The van der Waals surface area contributed by atoms with Gasteiger partial charge in [0, 0.05) is 39.7 Å². The number of nitrogens with zero attached hydrogens (tertiary/aromatic N) is 2. The third kappa shape index (κ3) is 4.14. The average Bonchev–Trinajstić information content (AvgIpc) is 3.77. The number of hydrogen-bond acceptors (Lipinski definition) is 4. The summed E-state index contributed by atoms with van der Waals surface area (Å²) in [6.07, 6.45) is 6.46. The lowest BCUT2D eigenvalue weighted by Crippen LogP contribution is -2.25. The Morgan fingerprint density at radius 3 is 2.41 bits per heavy atom. The number of amides is 1. The number of carbonyl (C=O) groups is 1. The highest BCUT2D eigenvalue weighted by Crippen LogP contribution is 2.35. The largest absolute Gasteiger partial charge is 0.382 e. The molecule has 1 heterocycles. The predicted molar refractivity (Wildman–Crippen MR) is 137 cm³/mol. The Morgan fingerprint density at radius 2 is 1.62 bits per heavy atom. The lowest BCUT2D eigenvalue weighted by Gasteiger charge is -2.13. The molecule has 6 rings (SSSR count). The SMILES string of the molecule is Cc1ccc(C(=O)NC2CC2)cc1-c1ccc2c(-c3cc(NC4CC4)ccc3C)nncc2c1. The number of fused-ring (bicyclic) bond motifs is 1. The normalized spacial score (nSPS) is 15.4. The molecule has 0 atom stereocenters. The van der Waals surface area contributed by atoms with Gasteiger partial charge in [0.05, 0.1) is 6.20 Å². The van der Waals surface area contributed by atoms with E-state index in [4.69, 9.17) is 0 Å². The number of carbonyl (C=O) groups excluding carboxylic acids is 1. The molecule has 1 aromatic heterocycles. The maximum Gasteiger partial charge on any atom is 0.251 e. The lowest BCUT2D eigenvalue weighted by molar-refractivity contribution is 0.0951. The molecule has 0 unspecified atom stereocenters. The summed E-state index contributed by atoms with van der Waals surface area (Å²) in [6.45, 7) is 4.20. The monoisotopic (exact) mass is 448 g/mol. The molecule has 0 bridgehead atoms. The van der Waals surface area contributed by atoms with Gasteiger partial charge in [-0.2, -0.15) is 5.10 Å². The van der Waals surface area contributed by atoms with E-state index in [1.54, 1.807) is 0 Å². The fourth-order valence-corrected chi connectivity index (χ4v) is 4.46. The molecule has 0 radical (unpaired) electrons. The number of anilines is 1. The van der Waals surface area contributed by atoms with Crippen LogP contribution in [0.1, 0.15) is 47.2 Å². The van der Waals surface area contributed by atoms with E-state index in [2.05, 4.69) is 71.1 Å². The van der Waals surface area contributed by atoms with Gasteiger partial charge >= 0.3 is 0 Å². The molecular weight excluding hydrogens is 420 g/mol. The second-order valence-corrected chi connectivity index (χ2v) is 9.72. The van der Waals surface area contributed by atoms with Gasteiger partial charge in [-0.1, -0.05) is 24.3 Å². The van der Waals surface area contributed by atoms with Gasteiger partial charge in [-0.15, -0.1) is 5.10 Å². The maximum absolute atomic E-state index is 12.6. The molecule has 0 aliphatic heterocycles. The molecule has 2 aliphatic carbocycles. The van der Waals surface area contributed by atoms with Gasteiger partial charge in [-0.25, -0.2) is 0 Å². The summed E-state index contributed by atoms with van der Waals surface area (Å²) >= 11 is 0. The topological polar surface area (TPSA) is 66.9 Å². The molecule has 1 amide bonds. The summed E-state index contributed by atoms with van der Waals surface area (Å²) in [6, 6.07) is 19.8. The van der Waals surface area contributed by atoms with Gasteiger partial charge in [0.2, 0.25) is 0 Å². The third-order valence-corrected chi connectivity index (χ3v) is 6.83. The van der Waals surface area contributed by atoms with E-state index in [0.29, 0.717) is 17.6 Å². The number of nitrogens with one attached hydrogen (secondary N) is 2. The van der Waals surface area contributed by atoms with Crippen molar-refractivity contribution in [2.24, 2.45) is 0 Å². The quantitative estimate of drug-likeness (QED) is 0.377. The van der Waals surface area contributed by atoms with Crippen LogP contribution in [-0.4, -0.2) is 28.2 Å². The molecule has 3 aromatic carbocycles. The van der Waals surface area contributed by atoms with Gasteiger partial charge in [0.25, 0.3) is 5.91 Å². The summed E-state index contributed by atoms with van der Waals surface area (Å²) in [4.78, 5) is 12.6. The minimum absolute atomic E-state index is 0.00727. The van der Waals surface area contributed by atoms with Crippen LogP contribution in [0, 0.1) is 13.8 Å². The molecule has 2 fully saturated rings. The Labute approximate surface area is 199 Å². The van der Waals surface area contributed by atoms with Crippen LogP contribution in [0.4, 0.5) is 5.69 Å². The summed E-state index contributed by atoms with van der Waals surface area (Å²) in [5.41, 5.74) is 8.30. The molecule has 2 saturated carbocycles. The highest BCUT2D eigenvalue weighted by atomic mass is 16.1. The summed E-state index contributed by atoms with van der Waals surface area (Å²) in [5, 5.41) is 17.7. The van der Waals surface area contributed by atoms with E-state index in [0.717, 1.165) is 57.2 Å². The summed E-state index contributed by atoms with van der Waals surface area (Å²) < 4.78 is 0. The molecular formula is C29H28N4O. The van der Waals surface area contributed by atoms with E-state index in [1.165, 1.54) is 18.4 Å². The summed E-state index contributed by atoms with van der Waals surface area (Å²) in [7, 11) is 0.